The third-order valence-corrected chi connectivity index (χ3v) is 4.33. The van der Waals surface area contributed by atoms with E-state index < -0.39 is 0 Å². The van der Waals surface area contributed by atoms with Gasteiger partial charge in [0, 0.05) is 36.4 Å². The molecule has 106 valence electrons. The van der Waals surface area contributed by atoms with Crippen LogP contribution in [0.4, 0.5) is 0 Å². The SMILES string of the molecule is Cn1cccc1C(=O)N1CCc2c([nH]c3ccccc23)C1. The molecule has 21 heavy (non-hydrogen) atoms. The van der Waals surface area contributed by atoms with Crippen LogP contribution in [0.25, 0.3) is 10.9 Å². The van der Waals surface area contributed by atoms with Crippen molar-refractivity contribution in [1.29, 1.82) is 0 Å². The highest BCUT2D eigenvalue weighted by atomic mass is 16.2. The number of rotatable bonds is 1. The van der Waals surface area contributed by atoms with Crippen molar-refractivity contribution in [1.82, 2.24) is 14.5 Å². The number of aromatic amines is 1. The fraction of sp³-hybridized carbons (Fsp3) is 0.235. The standard InChI is InChI=1S/C17H17N3O/c1-19-9-4-7-16(19)17(21)20-10-8-13-12-5-2-3-6-14(12)18-15(13)11-20/h2-7,9,18H,8,10-11H2,1H3. The van der Waals surface area contributed by atoms with Crippen molar-refractivity contribution in [3.05, 3.63) is 59.5 Å². The Bertz CT molecular complexity index is 828. The number of nitrogens with one attached hydrogen (secondary N) is 1. The molecule has 0 bridgehead atoms. The van der Waals surface area contributed by atoms with Gasteiger partial charge in [0.25, 0.3) is 5.91 Å². The van der Waals surface area contributed by atoms with Gasteiger partial charge in [0.05, 0.1) is 6.54 Å². The molecular formula is C17H17N3O. The number of para-hydroxylation sites is 1. The van der Waals surface area contributed by atoms with Gasteiger partial charge in [-0.25, -0.2) is 0 Å². The Kier molecular flexibility index (Phi) is 2.64. The highest BCUT2D eigenvalue weighted by molar-refractivity contribution is 5.93. The zero-order chi connectivity index (χ0) is 14.4. The first-order valence-corrected chi connectivity index (χ1v) is 7.23. The molecule has 1 N–H and O–H groups in total. The van der Waals surface area contributed by atoms with Gasteiger partial charge in [-0.2, -0.15) is 0 Å². The van der Waals surface area contributed by atoms with Gasteiger partial charge in [-0.05, 0) is 30.2 Å². The molecule has 2 aromatic heterocycles. The zero-order valence-electron chi connectivity index (χ0n) is 12.0. The Hall–Kier alpha value is -2.49. The fourth-order valence-corrected chi connectivity index (χ4v) is 3.21. The van der Waals surface area contributed by atoms with Crippen molar-refractivity contribution in [3.8, 4) is 0 Å². The first-order chi connectivity index (χ1) is 10.2. The van der Waals surface area contributed by atoms with Crippen molar-refractivity contribution in [2.75, 3.05) is 6.54 Å². The van der Waals surface area contributed by atoms with Crippen LogP contribution in [0.1, 0.15) is 21.7 Å². The third-order valence-electron chi connectivity index (χ3n) is 4.33. The highest BCUT2D eigenvalue weighted by Crippen LogP contribution is 2.27. The number of aromatic nitrogens is 2. The van der Waals surface area contributed by atoms with E-state index in [0.29, 0.717) is 6.54 Å². The molecule has 1 aliphatic rings. The fourth-order valence-electron chi connectivity index (χ4n) is 3.21. The number of fused-ring (bicyclic) bond motifs is 3. The Morgan fingerprint density at radius 3 is 2.86 bits per heavy atom. The highest BCUT2D eigenvalue weighted by Gasteiger charge is 2.25. The van der Waals surface area contributed by atoms with E-state index in [2.05, 4.69) is 23.2 Å². The molecule has 0 aliphatic carbocycles. The number of hydrogen-bond donors (Lipinski definition) is 1. The van der Waals surface area contributed by atoms with Crippen molar-refractivity contribution in [3.63, 3.8) is 0 Å². The van der Waals surface area contributed by atoms with Crippen LogP contribution in [0.3, 0.4) is 0 Å². The number of aryl methyl sites for hydroxylation is 1. The molecule has 1 amide bonds. The van der Waals surface area contributed by atoms with Gasteiger partial charge in [-0.15, -0.1) is 0 Å². The summed E-state index contributed by atoms with van der Waals surface area (Å²) in [7, 11) is 1.91. The monoisotopic (exact) mass is 279 g/mol. The van der Waals surface area contributed by atoms with Crippen LogP contribution in [0.2, 0.25) is 0 Å². The van der Waals surface area contributed by atoms with Crippen LogP contribution in [0.15, 0.2) is 42.6 Å². The normalized spacial score (nSPS) is 14.4. The maximum absolute atomic E-state index is 12.6. The molecular weight excluding hydrogens is 262 g/mol. The van der Waals surface area contributed by atoms with E-state index in [0.717, 1.165) is 24.2 Å². The number of H-pyrrole nitrogens is 1. The van der Waals surface area contributed by atoms with Crippen LogP contribution in [0.5, 0.6) is 0 Å². The second-order valence-corrected chi connectivity index (χ2v) is 5.61. The number of benzene rings is 1. The lowest BCUT2D eigenvalue weighted by Gasteiger charge is -2.27. The second kappa shape index (κ2) is 4.52. The average Bonchev–Trinajstić information content (AvgIpc) is 3.09. The smallest absolute Gasteiger partial charge is 0.270 e. The number of amides is 1. The summed E-state index contributed by atoms with van der Waals surface area (Å²) in [6.07, 6.45) is 2.82. The summed E-state index contributed by atoms with van der Waals surface area (Å²) in [5.74, 6) is 0.104. The molecule has 0 radical (unpaired) electrons. The number of carbonyl (C=O) groups excluding carboxylic acids is 1. The Balaban J connectivity index is 1.68. The maximum atomic E-state index is 12.6. The van der Waals surface area contributed by atoms with Crippen LogP contribution in [-0.2, 0) is 20.0 Å². The zero-order valence-corrected chi connectivity index (χ0v) is 12.0. The van der Waals surface area contributed by atoms with Gasteiger partial charge < -0.3 is 14.5 Å². The molecule has 1 aromatic carbocycles. The number of carbonyl (C=O) groups is 1. The largest absolute Gasteiger partial charge is 0.357 e. The first kappa shape index (κ1) is 12.3. The van der Waals surface area contributed by atoms with Gasteiger partial charge >= 0.3 is 0 Å². The van der Waals surface area contributed by atoms with E-state index in [9.17, 15) is 4.79 Å². The van der Waals surface area contributed by atoms with Crippen LogP contribution >= 0.6 is 0 Å². The molecule has 0 saturated heterocycles. The van der Waals surface area contributed by atoms with Crippen LogP contribution in [-0.4, -0.2) is 26.9 Å². The van der Waals surface area contributed by atoms with E-state index in [1.165, 1.54) is 16.6 Å². The molecule has 0 unspecified atom stereocenters. The van der Waals surface area contributed by atoms with Crippen molar-refractivity contribution < 1.29 is 4.79 Å². The molecule has 3 heterocycles. The van der Waals surface area contributed by atoms with E-state index in [4.69, 9.17) is 0 Å². The summed E-state index contributed by atoms with van der Waals surface area (Å²) in [5.41, 5.74) is 4.44. The van der Waals surface area contributed by atoms with E-state index in [1.54, 1.807) is 0 Å². The summed E-state index contributed by atoms with van der Waals surface area (Å²) in [5, 5.41) is 1.29. The lowest BCUT2D eigenvalue weighted by atomic mass is 10.0. The molecule has 0 saturated carbocycles. The molecule has 4 rings (SSSR count). The van der Waals surface area contributed by atoms with Crippen molar-refractivity contribution >= 4 is 16.8 Å². The molecule has 0 atom stereocenters. The Morgan fingerprint density at radius 1 is 1.19 bits per heavy atom. The van der Waals surface area contributed by atoms with Crippen LogP contribution < -0.4 is 0 Å². The lowest BCUT2D eigenvalue weighted by molar-refractivity contribution is 0.0723. The van der Waals surface area contributed by atoms with E-state index >= 15 is 0 Å². The topological polar surface area (TPSA) is 41.0 Å². The van der Waals surface area contributed by atoms with Crippen molar-refractivity contribution in [2.24, 2.45) is 7.05 Å². The Labute approximate surface area is 123 Å². The quantitative estimate of drug-likeness (QED) is 0.731. The van der Waals surface area contributed by atoms with E-state index in [1.807, 2.05) is 40.9 Å². The summed E-state index contributed by atoms with van der Waals surface area (Å²) in [6.45, 7) is 1.44. The molecule has 0 spiro atoms. The maximum Gasteiger partial charge on any atom is 0.270 e. The third kappa shape index (κ3) is 1.87. The predicted octanol–water partition coefficient (Wildman–Crippen LogP) is 2.70. The molecule has 4 heteroatoms. The number of nitrogens with zero attached hydrogens (tertiary/aromatic N) is 2. The summed E-state index contributed by atoms with van der Waals surface area (Å²) < 4.78 is 1.88. The lowest BCUT2D eigenvalue weighted by Crippen LogP contribution is -2.36. The predicted molar refractivity (Wildman–Crippen MR) is 82.2 cm³/mol. The van der Waals surface area contributed by atoms with E-state index in [-0.39, 0.29) is 5.91 Å². The van der Waals surface area contributed by atoms with Gasteiger partial charge in [0.1, 0.15) is 5.69 Å². The molecule has 0 fully saturated rings. The molecule has 4 nitrogen and oxygen atoms in total. The van der Waals surface area contributed by atoms with Gasteiger partial charge in [0.2, 0.25) is 0 Å². The second-order valence-electron chi connectivity index (χ2n) is 5.61. The minimum atomic E-state index is 0.104. The van der Waals surface area contributed by atoms with Gasteiger partial charge in [0.15, 0.2) is 0 Å². The number of hydrogen-bond acceptors (Lipinski definition) is 1. The van der Waals surface area contributed by atoms with Crippen molar-refractivity contribution in [2.45, 2.75) is 13.0 Å². The van der Waals surface area contributed by atoms with Gasteiger partial charge in [-0.3, -0.25) is 4.79 Å². The van der Waals surface area contributed by atoms with Gasteiger partial charge in [-0.1, -0.05) is 18.2 Å². The van der Waals surface area contributed by atoms with Crippen LogP contribution in [0, 0.1) is 0 Å². The molecule has 3 aromatic rings. The Morgan fingerprint density at radius 2 is 2.05 bits per heavy atom. The minimum Gasteiger partial charge on any atom is -0.357 e. The summed E-state index contributed by atoms with van der Waals surface area (Å²) in [6, 6.07) is 12.1. The summed E-state index contributed by atoms with van der Waals surface area (Å²) >= 11 is 0. The summed E-state index contributed by atoms with van der Waals surface area (Å²) in [4.78, 5) is 18.0. The average molecular weight is 279 g/mol. The minimum absolute atomic E-state index is 0.104. The first-order valence-electron chi connectivity index (χ1n) is 7.23. The molecule has 1 aliphatic heterocycles.